The molecule has 3 nitrogen and oxygen atoms in total. The fourth-order valence-corrected chi connectivity index (χ4v) is 1.98. The van der Waals surface area contributed by atoms with E-state index in [2.05, 4.69) is 6.07 Å². The van der Waals surface area contributed by atoms with E-state index >= 15 is 0 Å². The summed E-state index contributed by atoms with van der Waals surface area (Å²) < 4.78 is 18.5. The number of halogens is 1. The zero-order valence-corrected chi connectivity index (χ0v) is 10.5. The van der Waals surface area contributed by atoms with Crippen molar-refractivity contribution < 1.29 is 9.13 Å². The van der Waals surface area contributed by atoms with Crippen molar-refractivity contribution in [3.8, 4) is 22.9 Å². The lowest BCUT2D eigenvalue weighted by atomic mass is 9.97. The Hall–Kier alpha value is -2.38. The van der Waals surface area contributed by atoms with Crippen molar-refractivity contribution in [1.29, 1.82) is 5.26 Å². The van der Waals surface area contributed by atoms with E-state index in [-0.39, 0.29) is 12.4 Å². The van der Waals surface area contributed by atoms with Crippen LogP contribution in [0.25, 0.3) is 11.1 Å². The Bertz CT molecular complexity index is 647. The summed E-state index contributed by atoms with van der Waals surface area (Å²) in [5, 5.41) is 8.97. The first-order valence-electron chi connectivity index (χ1n) is 5.76. The molecule has 0 aliphatic heterocycles. The van der Waals surface area contributed by atoms with Crippen LogP contribution in [0.3, 0.4) is 0 Å². The van der Waals surface area contributed by atoms with Crippen molar-refractivity contribution in [3.63, 3.8) is 0 Å². The first kappa shape index (κ1) is 13.1. The van der Waals surface area contributed by atoms with E-state index in [0.717, 1.165) is 11.1 Å². The summed E-state index contributed by atoms with van der Waals surface area (Å²) in [6.45, 7) is 0.215. The van der Waals surface area contributed by atoms with Gasteiger partial charge in [-0.3, -0.25) is 0 Å². The van der Waals surface area contributed by atoms with Crippen LogP contribution in [-0.2, 0) is 6.54 Å². The molecule has 0 aliphatic carbocycles. The molecule has 2 rings (SSSR count). The monoisotopic (exact) mass is 256 g/mol. The molecule has 19 heavy (non-hydrogen) atoms. The Kier molecular flexibility index (Phi) is 3.79. The van der Waals surface area contributed by atoms with Crippen LogP contribution >= 0.6 is 0 Å². The van der Waals surface area contributed by atoms with E-state index in [4.69, 9.17) is 15.7 Å². The Labute approximate surface area is 111 Å². The molecular weight excluding hydrogens is 243 g/mol. The molecule has 0 aliphatic rings. The molecule has 0 heterocycles. The van der Waals surface area contributed by atoms with E-state index in [1.807, 2.05) is 0 Å². The van der Waals surface area contributed by atoms with Crippen molar-refractivity contribution in [2.75, 3.05) is 7.11 Å². The molecule has 2 aromatic rings. The highest BCUT2D eigenvalue weighted by molar-refractivity contribution is 5.74. The topological polar surface area (TPSA) is 59.0 Å². The SMILES string of the molecule is COc1ccc(C#N)cc1-c1ccc(F)cc1CN. The Balaban J connectivity index is 2.67. The lowest BCUT2D eigenvalue weighted by Gasteiger charge is -2.12. The van der Waals surface area contributed by atoms with Crippen LogP contribution in [0, 0.1) is 17.1 Å². The lowest BCUT2D eigenvalue weighted by molar-refractivity contribution is 0.416. The van der Waals surface area contributed by atoms with E-state index in [0.29, 0.717) is 16.9 Å². The highest BCUT2D eigenvalue weighted by atomic mass is 19.1. The van der Waals surface area contributed by atoms with Crippen molar-refractivity contribution in [3.05, 3.63) is 53.3 Å². The molecule has 0 bridgehead atoms. The maximum atomic E-state index is 13.2. The van der Waals surface area contributed by atoms with Crippen molar-refractivity contribution in [2.24, 2.45) is 5.73 Å². The summed E-state index contributed by atoms with van der Waals surface area (Å²) in [5.41, 5.74) is 8.35. The number of nitrogens with zero attached hydrogens (tertiary/aromatic N) is 1. The second-order valence-electron chi connectivity index (χ2n) is 4.03. The third kappa shape index (κ3) is 2.56. The smallest absolute Gasteiger partial charge is 0.126 e. The summed E-state index contributed by atoms with van der Waals surface area (Å²) in [5.74, 6) is 0.292. The molecule has 4 heteroatoms. The number of nitriles is 1. The number of ether oxygens (including phenoxy) is 1. The Morgan fingerprint density at radius 2 is 2.00 bits per heavy atom. The van der Waals surface area contributed by atoms with Gasteiger partial charge in [0.05, 0.1) is 18.7 Å². The quantitative estimate of drug-likeness (QED) is 0.918. The molecule has 0 saturated heterocycles. The van der Waals surface area contributed by atoms with E-state index in [9.17, 15) is 4.39 Å². The number of nitrogens with two attached hydrogens (primary N) is 1. The predicted molar refractivity (Wildman–Crippen MR) is 71.0 cm³/mol. The molecule has 0 amide bonds. The lowest BCUT2D eigenvalue weighted by Crippen LogP contribution is -2.01. The van der Waals surface area contributed by atoms with Gasteiger partial charge in [-0.2, -0.15) is 5.26 Å². The van der Waals surface area contributed by atoms with Gasteiger partial charge in [0.1, 0.15) is 11.6 Å². The second kappa shape index (κ2) is 5.51. The van der Waals surface area contributed by atoms with Gasteiger partial charge in [-0.15, -0.1) is 0 Å². The van der Waals surface area contributed by atoms with Gasteiger partial charge in [0.2, 0.25) is 0 Å². The zero-order chi connectivity index (χ0) is 13.8. The van der Waals surface area contributed by atoms with Crippen LogP contribution in [0.1, 0.15) is 11.1 Å². The zero-order valence-electron chi connectivity index (χ0n) is 10.5. The Morgan fingerprint density at radius 1 is 1.21 bits per heavy atom. The predicted octanol–water partition coefficient (Wildman–Crippen LogP) is 2.83. The average Bonchev–Trinajstić information content (AvgIpc) is 2.46. The number of hydrogen-bond acceptors (Lipinski definition) is 3. The molecule has 0 unspecified atom stereocenters. The fourth-order valence-electron chi connectivity index (χ4n) is 1.98. The minimum absolute atomic E-state index is 0.215. The molecule has 0 radical (unpaired) electrons. The summed E-state index contributed by atoms with van der Waals surface area (Å²) in [4.78, 5) is 0. The molecule has 2 N–H and O–H groups in total. The van der Waals surface area contributed by atoms with E-state index in [1.165, 1.54) is 12.1 Å². The standard InChI is InChI=1S/C15H13FN2O/c1-19-15-5-2-10(8-17)6-14(15)13-4-3-12(16)7-11(13)9-18/h2-7H,9,18H2,1H3. The molecular formula is C15H13FN2O. The second-order valence-corrected chi connectivity index (χ2v) is 4.03. The summed E-state index contributed by atoms with van der Waals surface area (Å²) in [6.07, 6.45) is 0. The molecule has 0 spiro atoms. The van der Waals surface area contributed by atoms with Crippen molar-refractivity contribution in [2.45, 2.75) is 6.54 Å². The highest BCUT2D eigenvalue weighted by Crippen LogP contribution is 2.33. The van der Waals surface area contributed by atoms with Gasteiger partial charge in [0.25, 0.3) is 0 Å². The largest absolute Gasteiger partial charge is 0.496 e. The summed E-state index contributed by atoms with van der Waals surface area (Å²) >= 11 is 0. The Morgan fingerprint density at radius 3 is 2.63 bits per heavy atom. The van der Waals surface area contributed by atoms with Gasteiger partial charge < -0.3 is 10.5 Å². The normalized spacial score (nSPS) is 10.0. The molecule has 0 atom stereocenters. The van der Waals surface area contributed by atoms with Crippen molar-refractivity contribution in [1.82, 2.24) is 0 Å². The van der Waals surface area contributed by atoms with Crippen LogP contribution in [-0.4, -0.2) is 7.11 Å². The molecule has 96 valence electrons. The first-order chi connectivity index (χ1) is 9.19. The minimum Gasteiger partial charge on any atom is -0.496 e. The van der Waals surface area contributed by atoms with Gasteiger partial charge in [-0.25, -0.2) is 4.39 Å². The number of benzene rings is 2. The van der Waals surface area contributed by atoms with Crippen LogP contribution in [0.4, 0.5) is 4.39 Å². The van der Waals surface area contributed by atoms with Crippen molar-refractivity contribution >= 4 is 0 Å². The number of methoxy groups -OCH3 is 1. The molecule has 2 aromatic carbocycles. The number of rotatable bonds is 3. The maximum absolute atomic E-state index is 13.2. The average molecular weight is 256 g/mol. The molecule has 0 saturated carbocycles. The fraction of sp³-hybridized carbons (Fsp3) is 0.133. The first-order valence-corrected chi connectivity index (χ1v) is 5.76. The highest BCUT2D eigenvalue weighted by Gasteiger charge is 2.11. The van der Waals surface area contributed by atoms with E-state index < -0.39 is 0 Å². The van der Waals surface area contributed by atoms with Gasteiger partial charge in [-0.05, 0) is 41.5 Å². The van der Waals surface area contributed by atoms with Gasteiger partial charge in [0, 0.05) is 12.1 Å². The van der Waals surface area contributed by atoms with Crippen LogP contribution in [0.15, 0.2) is 36.4 Å². The maximum Gasteiger partial charge on any atom is 0.126 e. The van der Waals surface area contributed by atoms with Crippen LogP contribution in [0.2, 0.25) is 0 Å². The van der Waals surface area contributed by atoms with Crippen LogP contribution < -0.4 is 10.5 Å². The third-order valence-electron chi connectivity index (χ3n) is 2.91. The molecule has 0 aromatic heterocycles. The summed E-state index contributed by atoms with van der Waals surface area (Å²) in [6, 6.07) is 11.6. The van der Waals surface area contributed by atoms with Crippen LogP contribution in [0.5, 0.6) is 5.75 Å². The number of hydrogen-bond donors (Lipinski definition) is 1. The van der Waals surface area contributed by atoms with E-state index in [1.54, 1.807) is 31.4 Å². The van der Waals surface area contributed by atoms with Gasteiger partial charge in [-0.1, -0.05) is 6.07 Å². The summed E-state index contributed by atoms with van der Waals surface area (Å²) in [7, 11) is 1.55. The third-order valence-corrected chi connectivity index (χ3v) is 2.91. The molecule has 0 fully saturated rings. The van der Waals surface area contributed by atoms with Gasteiger partial charge >= 0.3 is 0 Å². The minimum atomic E-state index is -0.334. The van der Waals surface area contributed by atoms with Gasteiger partial charge in [0.15, 0.2) is 0 Å².